The van der Waals surface area contributed by atoms with Gasteiger partial charge in [-0.3, -0.25) is 4.79 Å². The number of aryl methyl sites for hydroxylation is 1. The largest absolute Gasteiger partial charge is 0.497 e. The summed E-state index contributed by atoms with van der Waals surface area (Å²) >= 11 is 0. The molecule has 0 fully saturated rings. The van der Waals surface area contributed by atoms with Gasteiger partial charge >= 0.3 is 5.97 Å². The minimum Gasteiger partial charge on any atom is -0.497 e. The summed E-state index contributed by atoms with van der Waals surface area (Å²) in [6.07, 6.45) is 2.74. The molecule has 102 valence electrons. The molecule has 0 atom stereocenters. The molecule has 1 heterocycles. The molecule has 4 heteroatoms. The highest BCUT2D eigenvalue weighted by atomic mass is 16.5. The maximum atomic E-state index is 10.7. The maximum absolute atomic E-state index is 10.7. The molecule has 0 aliphatic carbocycles. The van der Waals surface area contributed by atoms with Crippen LogP contribution in [0.3, 0.4) is 0 Å². The van der Waals surface area contributed by atoms with Gasteiger partial charge in [-0.05, 0) is 44.0 Å². The summed E-state index contributed by atoms with van der Waals surface area (Å²) in [6.45, 7) is 4.23. The molecule has 0 bridgehead atoms. The van der Waals surface area contributed by atoms with E-state index in [4.69, 9.17) is 9.84 Å². The number of carbonyl (C=O) groups is 1. The highest BCUT2D eigenvalue weighted by molar-refractivity contribution is 5.86. The third-order valence-corrected chi connectivity index (χ3v) is 3.29. The standard InChI is InChI=1S/C15H19NO3/c1-10(2)16-9-11(4-7-15(17)18)13-8-12(19-3)5-6-14(13)16/h5-6,8-10H,4,7H2,1-3H3,(H,17,18). The molecule has 1 aromatic heterocycles. The van der Waals surface area contributed by atoms with Crippen LogP contribution in [-0.4, -0.2) is 22.8 Å². The summed E-state index contributed by atoms with van der Waals surface area (Å²) in [5, 5.41) is 9.91. The number of carboxylic acids is 1. The Morgan fingerprint density at radius 3 is 2.74 bits per heavy atom. The third kappa shape index (κ3) is 2.72. The van der Waals surface area contributed by atoms with Crippen LogP contribution in [0.25, 0.3) is 10.9 Å². The van der Waals surface area contributed by atoms with Crippen molar-refractivity contribution in [1.82, 2.24) is 4.57 Å². The van der Waals surface area contributed by atoms with Gasteiger partial charge in [0, 0.05) is 29.6 Å². The van der Waals surface area contributed by atoms with E-state index in [0.717, 1.165) is 22.2 Å². The smallest absolute Gasteiger partial charge is 0.303 e. The Morgan fingerprint density at radius 2 is 2.16 bits per heavy atom. The second-order valence-corrected chi connectivity index (χ2v) is 4.93. The summed E-state index contributed by atoms with van der Waals surface area (Å²) in [7, 11) is 1.64. The van der Waals surface area contributed by atoms with Gasteiger partial charge in [-0.15, -0.1) is 0 Å². The minimum absolute atomic E-state index is 0.147. The van der Waals surface area contributed by atoms with Gasteiger partial charge in [-0.25, -0.2) is 0 Å². The average molecular weight is 261 g/mol. The highest BCUT2D eigenvalue weighted by Crippen LogP contribution is 2.29. The number of hydrogen-bond acceptors (Lipinski definition) is 2. The lowest BCUT2D eigenvalue weighted by Crippen LogP contribution is -1.99. The van der Waals surface area contributed by atoms with E-state index in [1.165, 1.54) is 0 Å². The lowest BCUT2D eigenvalue weighted by molar-refractivity contribution is -0.136. The monoisotopic (exact) mass is 261 g/mol. The van der Waals surface area contributed by atoms with Gasteiger partial charge in [0.05, 0.1) is 7.11 Å². The molecule has 2 aromatic rings. The van der Waals surface area contributed by atoms with E-state index < -0.39 is 5.97 Å². The Hall–Kier alpha value is -1.97. The first-order chi connectivity index (χ1) is 9.02. The molecule has 4 nitrogen and oxygen atoms in total. The summed E-state index contributed by atoms with van der Waals surface area (Å²) < 4.78 is 7.42. The number of rotatable bonds is 5. The predicted octanol–water partition coefficient (Wildman–Crippen LogP) is 3.25. The fraction of sp³-hybridized carbons (Fsp3) is 0.400. The first-order valence-corrected chi connectivity index (χ1v) is 6.42. The molecule has 2 rings (SSSR count). The second-order valence-electron chi connectivity index (χ2n) is 4.93. The minimum atomic E-state index is -0.770. The summed E-state index contributed by atoms with van der Waals surface area (Å²) in [4.78, 5) is 10.7. The molecule has 0 saturated carbocycles. The fourth-order valence-corrected chi connectivity index (χ4v) is 2.30. The zero-order valence-corrected chi connectivity index (χ0v) is 11.5. The normalized spacial score (nSPS) is 11.2. The molecule has 0 aliphatic rings. The van der Waals surface area contributed by atoms with Crippen LogP contribution in [0.1, 0.15) is 31.9 Å². The third-order valence-electron chi connectivity index (χ3n) is 3.29. The van der Waals surface area contributed by atoms with Crippen LogP contribution < -0.4 is 4.74 Å². The second kappa shape index (κ2) is 5.34. The van der Waals surface area contributed by atoms with Crippen molar-refractivity contribution < 1.29 is 14.6 Å². The van der Waals surface area contributed by atoms with Crippen molar-refractivity contribution in [3.63, 3.8) is 0 Å². The van der Waals surface area contributed by atoms with Gasteiger partial charge in [0.1, 0.15) is 5.75 Å². The number of aromatic nitrogens is 1. The zero-order valence-electron chi connectivity index (χ0n) is 11.5. The van der Waals surface area contributed by atoms with E-state index in [0.29, 0.717) is 12.5 Å². The first kappa shape index (κ1) is 13.5. The van der Waals surface area contributed by atoms with Crippen molar-refractivity contribution in [3.8, 4) is 5.75 Å². The molecule has 0 saturated heterocycles. The number of benzene rings is 1. The number of fused-ring (bicyclic) bond motifs is 1. The lowest BCUT2D eigenvalue weighted by atomic mass is 10.1. The summed E-state index contributed by atoms with van der Waals surface area (Å²) in [5.74, 6) is 0.0268. The molecule has 0 radical (unpaired) electrons. The molecular weight excluding hydrogens is 242 g/mol. The van der Waals surface area contributed by atoms with Crippen molar-refractivity contribution in [2.24, 2.45) is 0 Å². The molecule has 0 amide bonds. The van der Waals surface area contributed by atoms with Crippen LogP contribution in [0.4, 0.5) is 0 Å². The molecule has 1 aromatic carbocycles. The molecule has 0 spiro atoms. The fourth-order valence-electron chi connectivity index (χ4n) is 2.30. The van der Waals surface area contributed by atoms with Crippen molar-refractivity contribution in [1.29, 1.82) is 0 Å². The van der Waals surface area contributed by atoms with Gasteiger partial charge in [0.25, 0.3) is 0 Å². The first-order valence-electron chi connectivity index (χ1n) is 6.42. The van der Waals surface area contributed by atoms with E-state index >= 15 is 0 Å². The van der Waals surface area contributed by atoms with Crippen LogP contribution in [0, 0.1) is 0 Å². The van der Waals surface area contributed by atoms with Crippen LogP contribution in [0.5, 0.6) is 5.75 Å². The number of carboxylic acid groups (broad SMARTS) is 1. The Bertz CT molecular complexity index is 599. The highest BCUT2D eigenvalue weighted by Gasteiger charge is 2.12. The maximum Gasteiger partial charge on any atom is 0.303 e. The van der Waals surface area contributed by atoms with Crippen molar-refractivity contribution in [2.45, 2.75) is 32.7 Å². The summed E-state index contributed by atoms with van der Waals surface area (Å²) in [6, 6.07) is 6.28. The van der Waals surface area contributed by atoms with Crippen LogP contribution >= 0.6 is 0 Å². The van der Waals surface area contributed by atoms with Gasteiger partial charge in [0.2, 0.25) is 0 Å². The van der Waals surface area contributed by atoms with Gasteiger partial charge in [-0.1, -0.05) is 0 Å². The van der Waals surface area contributed by atoms with Gasteiger partial charge in [0.15, 0.2) is 0 Å². The van der Waals surface area contributed by atoms with Crippen LogP contribution in [0.2, 0.25) is 0 Å². The van der Waals surface area contributed by atoms with Crippen molar-refractivity contribution in [2.75, 3.05) is 7.11 Å². The number of methoxy groups -OCH3 is 1. The number of nitrogens with zero attached hydrogens (tertiary/aromatic N) is 1. The van der Waals surface area contributed by atoms with E-state index in [1.54, 1.807) is 7.11 Å². The van der Waals surface area contributed by atoms with Crippen LogP contribution in [-0.2, 0) is 11.2 Å². The average Bonchev–Trinajstić information content (AvgIpc) is 2.74. The molecule has 1 N–H and O–H groups in total. The summed E-state index contributed by atoms with van der Waals surface area (Å²) in [5.41, 5.74) is 2.18. The van der Waals surface area contributed by atoms with Crippen molar-refractivity contribution in [3.05, 3.63) is 30.0 Å². The van der Waals surface area contributed by atoms with E-state index in [9.17, 15) is 4.79 Å². The van der Waals surface area contributed by atoms with E-state index in [2.05, 4.69) is 24.6 Å². The predicted molar refractivity (Wildman–Crippen MR) is 74.8 cm³/mol. The quantitative estimate of drug-likeness (QED) is 0.898. The van der Waals surface area contributed by atoms with Crippen molar-refractivity contribution >= 4 is 16.9 Å². The van der Waals surface area contributed by atoms with Gasteiger partial charge < -0.3 is 14.4 Å². The topological polar surface area (TPSA) is 51.5 Å². The zero-order chi connectivity index (χ0) is 14.0. The van der Waals surface area contributed by atoms with E-state index in [-0.39, 0.29) is 6.42 Å². The van der Waals surface area contributed by atoms with E-state index in [1.807, 2.05) is 18.2 Å². The Labute approximate surface area is 112 Å². The lowest BCUT2D eigenvalue weighted by Gasteiger charge is -2.09. The molecule has 19 heavy (non-hydrogen) atoms. The Morgan fingerprint density at radius 1 is 1.42 bits per heavy atom. The van der Waals surface area contributed by atoms with Gasteiger partial charge in [-0.2, -0.15) is 0 Å². The Kier molecular flexibility index (Phi) is 3.79. The van der Waals surface area contributed by atoms with Crippen LogP contribution in [0.15, 0.2) is 24.4 Å². The number of aliphatic carboxylic acids is 1. The number of hydrogen-bond donors (Lipinski definition) is 1. The molecule has 0 unspecified atom stereocenters. The molecular formula is C15H19NO3. The SMILES string of the molecule is COc1ccc2c(c1)c(CCC(=O)O)cn2C(C)C. The number of ether oxygens (including phenoxy) is 1. The molecule has 0 aliphatic heterocycles. The Balaban J connectivity index is 2.51.